The fourth-order valence-corrected chi connectivity index (χ4v) is 4.21. The number of rotatable bonds is 3. The molecule has 0 bridgehead atoms. The molecule has 254 valence electrons. The highest BCUT2D eigenvalue weighted by atomic mass is 16.4. The lowest BCUT2D eigenvalue weighted by Crippen LogP contribution is -2.10. The van der Waals surface area contributed by atoms with Crippen LogP contribution in [0.4, 0.5) is 0 Å². The van der Waals surface area contributed by atoms with E-state index in [9.17, 15) is 0 Å². The van der Waals surface area contributed by atoms with E-state index < -0.39 is 0 Å². The van der Waals surface area contributed by atoms with Crippen molar-refractivity contribution in [2.45, 2.75) is 85.5 Å². The van der Waals surface area contributed by atoms with E-state index >= 15 is 0 Å². The van der Waals surface area contributed by atoms with Gasteiger partial charge in [0.1, 0.15) is 16.6 Å². The number of oxazole rings is 4. The molecular weight excluding hydrogens is 620 g/mol. The van der Waals surface area contributed by atoms with Crippen LogP contribution in [0.3, 0.4) is 0 Å². The summed E-state index contributed by atoms with van der Waals surface area (Å²) in [5, 5.41) is 0. The van der Waals surface area contributed by atoms with Gasteiger partial charge in [0.05, 0.1) is 12.4 Å². The van der Waals surface area contributed by atoms with Crippen LogP contribution < -0.4 is 0 Å². The lowest BCUT2D eigenvalue weighted by atomic mass is 9.97. The minimum absolute atomic E-state index is 0.0426. The lowest BCUT2D eigenvalue weighted by molar-refractivity contribution is 0.410. The van der Waals surface area contributed by atoms with E-state index in [2.05, 4.69) is 74.5 Å². The number of nitrogens with zero attached hydrogens (tertiary/aromatic N) is 8. The fourth-order valence-electron chi connectivity index (χ4n) is 4.21. The quantitative estimate of drug-likeness (QED) is 0.177. The Hall–Kier alpha value is -5.52. The summed E-state index contributed by atoms with van der Waals surface area (Å²) in [5.74, 6) is 4.01. The van der Waals surface area contributed by atoms with Gasteiger partial charge >= 0.3 is 0 Å². The molecule has 0 fully saturated rings. The van der Waals surface area contributed by atoms with Crippen molar-refractivity contribution in [1.82, 2.24) is 39.9 Å². The first-order valence-corrected chi connectivity index (χ1v) is 16.2. The fraction of sp³-hybridized carbons (Fsp3) is 0.351. The summed E-state index contributed by atoms with van der Waals surface area (Å²) in [6.45, 7) is 18.5. The van der Waals surface area contributed by atoms with Gasteiger partial charge in [0.15, 0.2) is 40.1 Å². The van der Waals surface area contributed by atoms with Crippen molar-refractivity contribution in [2.75, 3.05) is 0 Å². The Morgan fingerprint density at radius 2 is 1.12 bits per heavy atom. The SMILES string of the molecule is CC(C)(C)c1nc2ccncc2o1.CC(C)c1nc2cccnc2o1.CC(C)c1nc2cnccc2o1.CC(C)c1nc2ncccc2o1. The van der Waals surface area contributed by atoms with Crippen LogP contribution >= 0.6 is 0 Å². The van der Waals surface area contributed by atoms with Crippen LogP contribution in [0.15, 0.2) is 91.2 Å². The maximum atomic E-state index is 5.56. The Labute approximate surface area is 284 Å². The summed E-state index contributed by atoms with van der Waals surface area (Å²) in [6, 6.07) is 11.2. The van der Waals surface area contributed by atoms with Gasteiger partial charge in [0, 0.05) is 54.0 Å². The molecule has 8 heterocycles. The molecule has 0 atom stereocenters. The third-order valence-electron chi connectivity index (χ3n) is 6.89. The summed E-state index contributed by atoms with van der Waals surface area (Å²) < 4.78 is 21.9. The van der Waals surface area contributed by atoms with Gasteiger partial charge in [-0.3, -0.25) is 9.97 Å². The standard InChI is InChI=1S/C10H12N2O.3C9H10N2O/c1-10(2,3)9-12-7-4-5-11-6-8(7)13-9;1-6(2)9-11-7-5-10-4-3-8(7)12-9;1-6(2)9-11-8-7(12-9)4-3-5-10-8;1-6(2)8-11-7-4-3-5-10-9(7)12-8/h4-6H,1-3H3;3*3-6H,1-2H3. The molecule has 0 spiro atoms. The van der Waals surface area contributed by atoms with Gasteiger partial charge in [0.25, 0.3) is 0 Å². The van der Waals surface area contributed by atoms with E-state index in [4.69, 9.17) is 17.7 Å². The molecule has 0 aliphatic rings. The molecule has 0 amide bonds. The molecular formula is C37H42N8O4. The number of pyridine rings is 4. The summed E-state index contributed by atoms with van der Waals surface area (Å²) >= 11 is 0. The van der Waals surface area contributed by atoms with Gasteiger partial charge in [-0.1, -0.05) is 62.3 Å². The second-order valence-electron chi connectivity index (χ2n) is 13.2. The number of hydrogen-bond acceptors (Lipinski definition) is 12. The lowest BCUT2D eigenvalue weighted by Gasteiger charge is -2.11. The third-order valence-corrected chi connectivity index (χ3v) is 6.89. The highest BCUT2D eigenvalue weighted by Gasteiger charge is 2.20. The molecule has 0 unspecified atom stereocenters. The molecule has 0 aromatic carbocycles. The maximum Gasteiger partial charge on any atom is 0.246 e. The zero-order chi connectivity index (χ0) is 35.1. The summed E-state index contributed by atoms with van der Waals surface area (Å²) in [6.07, 6.45) is 10.3. The Morgan fingerprint density at radius 3 is 1.78 bits per heavy atom. The van der Waals surface area contributed by atoms with Crippen LogP contribution in [0.5, 0.6) is 0 Å². The van der Waals surface area contributed by atoms with E-state index in [0.29, 0.717) is 29.1 Å². The van der Waals surface area contributed by atoms with Crippen molar-refractivity contribution >= 4 is 44.7 Å². The average molecular weight is 663 g/mol. The smallest absolute Gasteiger partial charge is 0.246 e. The van der Waals surface area contributed by atoms with Crippen LogP contribution in [0.1, 0.15) is 104 Å². The Kier molecular flexibility index (Phi) is 10.8. The van der Waals surface area contributed by atoms with Crippen LogP contribution in [-0.4, -0.2) is 39.9 Å². The van der Waals surface area contributed by atoms with Crippen LogP contribution in [0.25, 0.3) is 44.7 Å². The molecule has 0 N–H and O–H groups in total. The topological polar surface area (TPSA) is 156 Å². The zero-order valence-electron chi connectivity index (χ0n) is 29.4. The van der Waals surface area contributed by atoms with Gasteiger partial charge < -0.3 is 17.7 Å². The zero-order valence-corrected chi connectivity index (χ0v) is 29.4. The highest BCUT2D eigenvalue weighted by Crippen LogP contribution is 2.25. The second-order valence-corrected chi connectivity index (χ2v) is 13.2. The van der Waals surface area contributed by atoms with E-state index in [1.165, 1.54) is 0 Å². The first-order chi connectivity index (χ1) is 23.4. The van der Waals surface area contributed by atoms with Crippen LogP contribution in [0.2, 0.25) is 0 Å². The third kappa shape index (κ3) is 8.89. The number of aromatic nitrogens is 8. The van der Waals surface area contributed by atoms with E-state index in [-0.39, 0.29) is 5.41 Å². The number of fused-ring (bicyclic) bond motifs is 4. The van der Waals surface area contributed by atoms with Crippen molar-refractivity contribution in [2.24, 2.45) is 0 Å². The van der Waals surface area contributed by atoms with Crippen LogP contribution in [-0.2, 0) is 5.41 Å². The normalized spacial score (nSPS) is 11.5. The first kappa shape index (κ1) is 34.8. The van der Waals surface area contributed by atoms with Gasteiger partial charge in [-0.05, 0) is 30.3 Å². The van der Waals surface area contributed by atoms with Gasteiger partial charge in [-0.2, -0.15) is 4.98 Å². The summed E-state index contributed by atoms with van der Waals surface area (Å²) in [7, 11) is 0. The molecule has 0 saturated carbocycles. The molecule has 0 aliphatic carbocycles. The van der Waals surface area contributed by atoms with Gasteiger partial charge in [-0.15, -0.1) is 0 Å². The monoisotopic (exact) mass is 662 g/mol. The van der Waals surface area contributed by atoms with Crippen molar-refractivity contribution in [1.29, 1.82) is 0 Å². The molecule has 12 heteroatoms. The minimum Gasteiger partial charge on any atom is -0.440 e. The second kappa shape index (κ2) is 15.1. The maximum absolute atomic E-state index is 5.56. The van der Waals surface area contributed by atoms with E-state index in [0.717, 1.165) is 56.9 Å². The predicted molar refractivity (Wildman–Crippen MR) is 188 cm³/mol. The highest BCUT2D eigenvalue weighted by molar-refractivity contribution is 5.71. The van der Waals surface area contributed by atoms with E-state index in [1.807, 2.05) is 64.1 Å². The Balaban J connectivity index is 0.000000127. The predicted octanol–water partition coefficient (Wildman–Crippen LogP) is 9.56. The average Bonchev–Trinajstić information content (AvgIpc) is 3.88. The molecule has 0 saturated heterocycles. The molecule has 0 radical (unpaired) electrons. The van der Waals surface area contributed by atoms with Crippen molar-refractivity contribution in [3.05, 3.63) is 97.1 Å². The molecule has 12 nitrogen and oxygen atoms in total. The van der Waals surface area contributed by atoms with Crippen molar-refractivity contribution in [3.8, 4) is 0 Å². The van der Waals surface area contributed by atoms with Gasteiger partial charge in [0.2, 0.25) is 11.6 Å². The largest absolute Gasteiger partial charge is 0.440 e. The minimum atomic E-state index is -0.0426. The molecule has 49 heavy (non-hydrogen) atoms. The van der Waals surface area contributed by atoms with E-state index in [1.54, 1.807) is 37.2 Å². The van der Waals surface area contributed by atoms with Gasteiger partial charge in [-0.25, -0.2) is 24.9 Å². The summed E-state index contributed by atoms with van der Waals surface area (Å²) in [4.78, 5) is 33.2. The van der Waals surface area contributed by atoms with Crippen molar-refractivity contribution in [3.63, 3.8) is 0 Å². The Morgan fingerprint density at radius 1 is 0.510 bits per heavy atom. The molecule has 8 rings (SSSR count). The summed E-state index contributed by atoms with van der Waals surface area (Å²) in [5.41, 5.74) is 6.16. The molecule has 8 aromatic heterocycles. The molecule has 8 aromatic rings. The molecule has 0 aliphatic heterocycles. The number of hydrogen-bond donors (Lipinski definition) is 0. The van der Waals surface area contributed by atoms with Crippen molar-refractivity contribution < 1.29 is 17.7 Å². The van der Waals surface area contributed by atoms with Crippen LogP contribution in [0, 0.1) is 0 Å². The first-order valence-electron chi connectivity index (χ1n) is 16.2. The Bertz CT molecular complexity index is 1920.